The first-order valence-corrected chi connectivity index (χ1v) is 10.0. The second kappa shape index (κ2) is 10.4. The van der Waals surface area contributed by atoms with Crippen LogP contribution in [-0.2, 0) is 19.4 Å². The number of Topliss-reactive ketones (excluding diaryl/α,β-unsaturated/α-hetero) is 1. The Hall–Kier alpha value is -3.42. The van der Waals surface area contributed by atoms with Gasteiger partial charge in [-0.05, 0) is 49.6 Å². The quantitative estimate of drug-likeness (QED) is 0.367. The van der Waals surface area contributed by atoms with Gasteiger partial charge in [-0.1, -0.05) is 30.7 Å². The van der Waals surface area contributed by atoms with Gasteiger partial charge < -0.3 is 14.6 Å². The number of ketones is 1. The first-order valence-electron chi connectivity index (χ1n) is 10.0. The molecule has 2 aromatic carbocycles. The normalized spacial score (nSPS) is 10.7. The van der Waals surface area contributed by atoms with E-state index in [1.54, 1.807) is 12.1 Å². The van der Waals surface area contributed by atoms with Gasteiger partial charge in [-0.15, -0.1) is 10.2 Å². The van der Waals surface area contributed by atoms with Crippen molar-refractivity contribution in [3.8, 4) is 17.2 Å². The largest absolute Gasteiger partial charge is 0.507 e. The molecule has 0 saturated heterocycles. The van der Waals surface area contributed by atoms with Crippen molar-refractivity contribution >= 4 is 5.78 Å². The molecular weight excluding hydrogens is 384 g/mol. The van der Waals surface area contributed by atoms with E-state index in [2.05, 4.69) is 20.6 Å². The Bertz CT molecular complexity index is 956. The standard InChI is InChI=1S/C22H26N4O4/c1-3-5-19-20(12-11-18(15(2)27)22(19)28)30-14-16-7-9-17(10-8-16)29-13-4-6-21-23-25-26-24-21/h7-12,28H,3-6,13-14H2,1-2H3,(H,23,24,25,26). The number of hydrogen-bond acceptors (Lipinski definition) is 7. The molecule has 3 rings (SSSR count). The van der Waals surface area contributed by atoms with E-state index in [4.69, 9.17) is 9.47 Å². The number of phenolic OH excluding ortho intramolecular Hbond substituents is 1. The smallest absolute Gasteiger partial charge is 0.174 e. The number of carbonyl (C=O) groups excluding carboxylic acids is 1. The van der Waals surface area contributed by atoms with Gasteiger partial charge in [0.1, 0.15) is 23.9 Å². The first-order chi connectivity index (χ1) is 14.6. The molecule has 1 heterocycles. The molecule has 8 heteroatoms. The number of nitrogens with zero attached hydrogens (tertiary/aromatic N) is 3. The molecule has 158 valence electrons. The van der Waals surface area contributed by atoms with E-state index in [9.17, 15) is 9.90 Å². The van der Waals surface area contributed by atoms with Gasteiger partial charge in [-0.25, -0.2) is 0 Å². The number of H-pyrrole nitrogens is 1. The van der Waals surface area contributed by atoms with Crippen LogP contribution in [-0.4, -0.2) is 38.1 Å². The molecule has 0 atom stereocenters. The van der Waals surface area contributed by atoms with Gasteiger partial charge in [0.15, 0.2) is 11.6 Å². The summed E-state index contributed by atoms with van der Waals surface area (Å²) in [5.74, 6) is 1.91. The molecule has 0 amide bonds. The third kappa shape index (κ3) is 5.56. The Morgan fingerprint density at radius 3 is 2.57 bits per heavy atom. The molecule has 0 aliphatic rings. The zero-order valence-corrected chi connectivity index (χ0v) is 17.2. The highest BCUT2D eigenvalue weighted by molar-refractivity contribution is 5.97. The number of aromatic amines is 1. The second-order valence-corrected chi connectivity index (χ2v) is 6.96. The second-order valence-electron chi connectivity index (χ2n) is 6.96. The minimum Gasteiger partial charge on any atom is -0.507 e. The van der Waals surface area contributed by atoms with E-state index >= 15 is 0 Å². The minimum absolute atomic E-state index is 0.0198. The number of ether oxygens (including phenoxy) is 2. The fraction of sp³-hybridized carbons (Fsp3) is 0.364. The maximum Gasteiger partial charge on any atom is 0.174 e. The van der Waals surface area contributed by atoms with Crippen molar-refractivity contribution in [2.24, 2.45) is 0 Å². The molecule has 1 aromatic heterocycles. The van der Waals surface area contributed by atoms with E-state index in [0.29, 0.717) is 48.8 Å². The number of nitrogens with one attached hydrogen (secondary N) is 1. The lowest BCUT2D eigenvalue weighted by Crippen LogP contribution is -2.03. The first kappa shape index (κ1) is 21.3. The molecule has 3 aromatic rings. The van der Waals surface area contributed by atoms with Crippen LogP contribution in [0.5, 0.6) is 17.2 Å². The van der Waals surface area contributed by atoms with Gasteiger partial charge in [0.2, 0.25) is 0 Å². The summed E-state index contributed by atoms with van der Waals surface area (Å²) in [5, 5.41) is 24.2. The Morgan fingerprint density at radius 2 is 1.90 bits per heavy atom. The van der Waals surface area contributed by atoms with Crippen molar-refractivity contribution in [2.75, 3.05) is 6.61 Å². The van der Waals surface area contributed by atoms with Crippen molar-refractivity contribution in [1.29, 1.82) is 0 Å². The van der Waals surface area contributed by atoms with Crippen LogP contribution in [0.4, 0.5) is 0 Å². The number of carbonyl (C=O) groups is 1. The number of aryl methyl sites for hydroxylation is 1. The molecule has 30 heavy (non-hydrogen) atoms. The Kier molecular flexibility index (Phi) is 7.37. The average Bonchev–Trinajstić information content (AvgIpc) is 3.26. The summed E-state index contributed by atoms with van der Waals surface area (Å²) in [6.45, 7) is 4.38. The summed E-state index contributed by atoms with van der Waals surface area (Å²) in [5.41, 5.74) is 1.98. The SMILES string of the molecule is CCCc1c(OCc2ccc(OCCCc3nn[nH]n3)cc2)ccc(C(C)=O)c1O. The van der Waals surface area contributed by atoms with Gasteiger partial charge in [0.25, 0.3) is 0 Å². The summed E-state index contributed by atoms with van der Waals surface area (Å²) >= 11 is 0. The number of phenols is 1. The van der Waals surface area contributed by atoms with Crippen molar-refractivity contribution < 1.29 is 19.4 Å². The summed E-state index contributed by atoms with van der Waals surface area (Å²) in [4.78, 5) is 11.7. The molecule has 0 radical (unpaired) electrons. The zero-order valence-electron chi connectivity index (χ0n) is 17.2. The van der Waals surface area contributed by atoms with Crippen LogP contribution in [0.3, 0.4) is 0 Å². The molecule has 0 bridgehead atoms. The number of rotatable bonds is 11. The third-order valence-electron chi connectivity index (χ3n) is 4.64. The van der Waals surface area contributed by atoms with Crippen LogP contribution < -0.4 is 9.47 Å². The van der Waals surface area contributed by atoms with Crippen molar-refractivity contribution in [3.05, 3.63) is 58.9 Å². The minimum atomic E-state index is -0.163. The molecule has 0 unspecified atom stereocenters. The monoisotopic (exact) mass is 410 g/mol. The lowest BCUT2D eigenvalue weighted by molar-refractivity contribution is 0.101. The van der Waals surface area contributed by atoms with Crippen LogP contribution >= 0.6 is 0 Å². The highest BCUT2D eigenvalue weighted by atomic mass is 16.5. The van der Waals surface area contributed by atoms with Crippen molar-refractivity contribution in [2.45, 2.75) is 46.1 Å². The van der Waals surface area contributed by atoms with Crippen molar-refractivity contribution in [1.82, 2.24) is 20.6 Å². The van der Waals surface area contributed by atoms with Crippen LogP contribution in [0, 0.1) is 0 Å². The van der Waals surface area contributed by atoms with Gasteiger partial charge in [-0.2, -0.15) is 5.21 Å². The van der Waals surface area contributed by atoms with E-state index in [0.717, 1.165) is 24.2 Å². The van der Waals surface area contributed by atoms with Crippen LogP contribution in [0.1, 0.15) is 54.0 Å². The molecule has 0 aliphatic carbocycles. The maximum absolute atomic E-state index is 11.7. The molecule has 8 nitrogen and oxygen atoms in total. The van der Waals surface area contributed by atoms with Crippen LogP contribution in [0.2, 0.25) is 0 Å². The molecule has 0 aliphatic heterocycles. The number of hydrogen-bond donors (Lipinski definition) is 2. The van der Waals surface area contributed by atoms with Gasteiger partial charge >= 0.3 is 0 Å². The average molecular weight is 410 g/mol. The summed E-state index contributed by atoms with van der Waals surface area (Å²) in [6.07, 6.45) is 2.98. The lowest BCUT2D eigenvalue weighted by Gasteiger charge is -2.15. The number of tetrazole rings is 1. The van der Waals surface area contributed by atoms with E-state index in [-0.39, 0.29) is 11.5 Å². The molecule has 0 saturated carbocycles. The van der Waals surface area contributed by atoms with E-state index in [1.165, 1.54) is 6.92 Å². The van der Waals surface area contributed by atoms with Gasteiger partial charge in [0, 0.05) is 12.0 Å². The maximum atomic E-state index is 11.7. The summed E-state index contributed by atoms with van der Waals surface area (Å²) < 4.78 is 11.7. The van der Waals surface area contributed by atoms with Crippen LogP contribution in [0.25, 0.3) is 0 Å². The van der Waals surface area contributed by atoms with Crippen molar-refractivity contribution in [3.63, 3.8) is 0 Å². The van der Waals surface area contributed by atoms with Gasteiger partial charge in [0.05, 0.1) is 12.2 Å². The van der Waals surface area contributed by atoms with Gasteiger partial charge in [-0.3, -0.25) is 4.79 Å². The zero-order chi connectivity index (χ0) is 21.3. The van der Waals surface area contributed by atoms with E-state index in [1.807, 2.05) is 31.2 Å². The predicted molar refractivity (Wildman–Crippen MR) is 111 cm³/mol. The molecule has 0 spiro atoms. The number of aromatic hydroxyl groups is 1. The fourth-order valence-corrected chi connectivity index (χ4v) is 3.08. The molecule has 0 fully saturated rings. The third-order valence-corrected chi connectivity index (χ3v) is 4.64. The number of benzene rings is 2. The van der Waals surface area contributed by atoms with Crippen LogP contribution in [0.15, 0.2) is 36.4 Å². The summed E-state index contributed by atoms with van der Waals surface area (Å²) in [7, 11) is 0. The topological polar surface area (TPSA) is 110 Å². The fourth-order valence-electron chi connectivity index (χ4n) is 3.08. The highest BCUT2D eigenvalue weighted by Gasteiger charge is 2.16. The summed E-state index contributed by atoms with van der Waals surface area (Å²) in [6, 6.07) is 11.0. The Balaban J connectivity index is 1.54. The number of aromatic nitrogens is 4. The molecular formula is C22H26N4O4. The highest BCUT2D eigenvalue weighted by Crippen LogP contribution is 2.33. The predicted octanol–water partition coefficient (Wildman–Crippen LogP) is 3.65. The lowest BCUT2D eigenvalue weighted by atomic mass is 10.0. The molecule has 2 N–H and O–H groups in total. The van der Waals surface area contributed by atoms with E-state index < -0.39 is 0 Å². The Labute approximate surface area is 175 Å². The Morgan fingerprint density at radius 1 is 1.10 bits per heavy atom.